The Morgan fingerprint density at radius 2 is 2.20 bits per heavy atom. The van der Waals surface area contributed by atoms with Gasteiger partial charge in [-0.15, -0.1) is 0 Å². The van der Waals surface area contributed by atoms with E-state index in [0.717, 1.165) is 37.4 Å². The zero-order chi connectivity index (χ0) is 20.3. The van der Waals surface area contributed by atoms with Crippen LogP contribution < -0.4 is 10.2 Å². The zero-order valence-electron chi connectivity index (χ0n) is 17.3. The number of aromatic nitrogens is 3. The lowest BCUT2D eigenvalue weighted by atomic mass is 9.73. The third-order valence-corrected chi connectivity index (χ3v) is 7.40. The van der Waals surface area contributed by atoms with E-state index < -0.39 is 0 Å². The quantitative estimate of drug-likeness (QED) is 0.823. The molecule has 7 heteroatoms. The summed E-state index contributed by atoms with van der Waals surface area (Å²) < 4.78 is 6.54. The van der Waals surface area contributed by atoms with Crippen LogP contribution in [0.3, 0.4) is 0 Å². The number of amides is 1. The summed E-state index contributed by atoms with van der Waals surface area (Å²) in [7, 11) is 0. The highest BCUT2D eigenvalue weighted by Crippen LogP contribution is 2.55. The van der Waals surface area contributed by atoms with E-state index in [1.54, 1.807) is 12.4 Å². The minimum absolute atomic E-state index is 0.0909. The molecule has 4 aliphatic rings. The SMILES string of the molecule is Cc1cccc(C(=O)NC[C@H]2[C@H]3CN(c4cc(C5CC5)ncn4)C[C@]34CC[C@H]2O4)n1. The molecule has 0 unspecified atom stereocenters. The molecule has 4 atom stereocenters. The van der Waals surface area contributed by atoms with Crippen LogP contribution in [0.5, 0.6) is 0 Å². The van der Waals surface area contributed by atoms with E-state index in [4.69, 9.17) is 4.74 Å². The topological polar surface area (TPSA) is 80.2 Å². The molecule has 6 rings (SSSR count). The number of anilines is 1. The van der Waals surface area contributed by atoms with Crippen molar-refractivity contribution in [3.05, 3.63) is 47.7 Å². The second-order valence-electron chi connectivity index (χ2n) is 9.36. The first-order chi connectivity index (χ1) is 14.6. The fraction of sp³-hybridized carbons (Fsp3) is 0.565. The molecule has 1 aliphatic carbocycles. The number of fused-ring (bicyclic) bond motifs is 1. The van der Waals surface area contributed by atoms with Crippen molar-refractivity contribution in [2.75, 3.05) is 24.5 Å². The maximum absolute atomic E-state index is 12.6. The molecule has 3 saturated heterocycles. The molecule has 5 heterocycles. The Kier molecular flexibility index (Phi) is 4.10. The van der Waals surface area contributed by atoms with Crippen LogP contribution in [0.1, 0.15) is 53.5 Å². The summed E-state index contributed by atoms with van der Waals surface area (Å²) in [5.41, 5.74) is 2.42. The van der Waals surface area contributed by atoms with Crippen molar-refractivity contribution >= 4 is 11.7 Å². The molecule has 0 aromatic carbocycles. The van der Waals surface area contributed by atoms with Crippen molar-refractivity contribution in [2.45, 2.75) is 50.2 Å². The number of nitrogens with one attached hydrogen (secondary N) is 1. The first-order valence-electron chi connectivity index (χ1n) is 11.1. The van der Waals surface area contributed by atoms with Crippen LogP contribution in [0.2, 0.25) is 0 Å². The summed E-state index contributed by atoms with van der Waals surface area (Å²) in [5, 5.41) is 3.12. The number of carbonyl (C=O) groups excluding carboxylic acids is 1. The normalized spacial score (nSPS) is 31.8. The van der Waals surface area contributed by atoms with E-state index in [-0.39, 0.29) is 17.6 Å². The van der Waals surface area contributed by atoms with Crippen molar-refractivity contribution in [3.63, 3.8) is 0 Å². The van der Waals surface area contributed by atoms with E-state index in [2.05, 4.69) is 31.2 Å². The minimum Gasteiger partial charge on any atom is -0.369 e. The first kappa shape index (κ1) is 18.2. The Morgan fingerprint density at radius 3 is 3.03 bits per heavy atom. The minimum atomic E-state index is -0.102. The maximum atomic E-state index is 12.6. The molecule has 1 N–H and O–H groups in total. The van der Waals surface area contributed by atoms with Gasteiger partial charge < -0.3 is 15.0 Å². The number of hydrogen-bond acceptors (Lipinski definition) is 6. The molecule has 1 amide bonds. The molecule has 2 aromatic rings. The van der Waals surface area contributed by atoms with Crippen LogP contribution in [0.4, 0.5) is 5.82 Å². The maximum Gasteiger partial charge on any atom is 0.269 e. The molecule has 2 bridgehead atoms. The summed E-state index contributed by atoms with van der Waals surface area (Å²) in [6.07, 6.45) is 6.61. The molecule has 30 heavy (non-hydrogen) atoms. The second kappa shape index (κ2) is 6.74. The van der Waals surface area contributed by atoms with Crippen LogP contribution in [-0.2, 0) is 4.74 Å². The highest BCUT2D eigenvalue weighted by atomic mass is 16.5. The largest absolute Gasteiger partial charge is 0.369 e. The lowest BCUT2D eigenvalue weighted by Gasteiger charge is -2.29. The van der Waals surface area contributed by atoms with Gasteiger partial charge in [0.1, 0.15) is 17.8 Å². The molecule has 7 nitrogen and oxygen atoms in total. The average Bonchev–Trinajstić information content (AvgIpc) is 3.34. The predicted molar refractivity (Wildman–Crippen MR) is 111 cm³/mol. The number of pyridine rings is 1. The van der Waals surface area contributed by atoms with Crippen molar-refractivity contribution in [3.8, 4) is 0 Å². The predicted octanol–water partition coefficient (Wildman–Crippen LogP) is 2.47. The summed E-state index contributed by atoms with van der Waals surface area (Å²) in [5.74, 6) is 2.30. The smallest absolute Gasteiger partial charge is 0.269 e. The van der Waals surface area contributed by atoms with E-state index in [0.29, 0.717) is 30.0 Å². The van der Waals surface area contributed by atoms with Crippen LogP contribution in [0.25, 0.3) is 0 Å². The third kappa shape index (κ3) is 2.98. The fourth-order valence-corrected chi connectivity index (χ4v) is 5.75. The monoisotopic (exact) mass is 405 g/mol. The van der Waals surface area contributed by atoms with Gasteiger partial charge in [0.05, 0.1) is 11.7 Å². The Bertz CT molecular complexity index is 993. The molecular weight excluding hydrogens is 378 g/mol. The summed E-state index contributed by atoms with van der Waals surface area (Å²) in [6.45, 7) is 4.36. The Morgan fingerprint density at radius 1 is 1.30 bits per heavy atom. The summed E-state index contributed by atoms with van der Waals surface area (Å²) >= 11 is 0. The van der Waals surface area contributed by atoms with Crippen molar-refractivity contribution in [2.24, 2.45) is 11.8 Å². The zero-order valence-corrected chi connectivity index (χ0v) is 17.3. The van der Waals surface area contributed by atoms with E-state index in [1.165, 1.54) is 18.5 Å². The highest BCUT2D eigenvalue weighted by molar-refractivity contribution is 5.92. The van der Waals surface area contributed by atoms with Crippen LogP contribution in [0.15, 0.2) is 30.6 Å². The Balaban J connectivity index is 1.17. The summed E-state index contributed by atoms with van der Waals surface area (Å²) in [4.78, 5) is 28.4. The molecule has 2 aromatic heterocycles. The van der Waals surface area contributed by atoms with Crippen LogP contribution in [-0.4, -0.2) is 52.2 Å². The van der Waals surface area contributed by atoms with Gasteiger partial charge in [0, 0.05) is 54.8 Å². The molecule has 4 fully saturated rings. The van der Waals surface area contributed by atoms with Gasteiger partial charge in [-0.25, -0.2) is 15.0 Å². The molecular formula is C23H27N5O2. The number of ether oxygens (including phenoxy) is 1. The molecule has 1 saturated carbocycles. The first-order valence-corrected chi connectivity index (χ1v) is 11.1. The van der Waals surface area contributed by atoms with Gasteiger partial charge in [-0.05, 0) is 44.7 Å². The third-order valence-electron chi connectivity index (χ3n) is 7.40. The van der Waals surface area contributed by atoms with E-state index >= 15 is 0 Å². The van der Waals surface area contributed by atoms with E-state index in [9.17, 15) is 4.79 Å². The van der Waals surface area contributed by atoms with Gasteiger partial charge in [0.25, 0.3) is 5.91 Å². The van der Waals surface area contributed by atoms with Crippen molar-refractivity contribution < 1.29 is 9.53 Å². The number of rotatable bonds is 5. The van der Waals surface area contributed by atoms with Gasteiger partial charge >= 0.3 is 0 Å². The van der Waals surface area contributed by atoms with Crippen molar-refractivity contribution in [1.29, 1.82) is 0 Å². The Hall–Kier alpha value is -2.54. The van der Waals surface area contributed by atoms with Crippen LogP contribution in [0, 0.1) is 18.8 Å². The fourth-order valence-electron chi connectivity index (χ4n) is 5.75. The molecule has 3 aliphatic heterocycles. The van der Waals surface area contributed by atoms with Crippen LogP contribution >= 0.6 is 0 Å². The van der Waals surface area contributed by atoms with Gasteiger partial charge in [-0.3, -0.25) is 4.79 Å². The number of nitrogens with zero attached hydrogens (tertiary/aromatic N) is 4. The second-order valence-corrected chi connectivity index (χ2v) is 9.36. The molecule has 0 radical (unpaired) electrons. The number of aryl methyl sites for hydroxylation is 1. The highest BCUT2D eigenvalue weighted by Gasteiger charge is 2.63. The van der Waals surface area contributed by atoms with Gasteiger partial charge in [-0.2, -0.15) is 0 Å². The number of hydrogen-bond donors (Lipinski definition) is 1. The number of carbonyl (C=O) groups is 1. The lowest BCUT2D eigenvalue weighted by Crippen LogP contribution is -2.42. The van der Waals surface area contributed by atoms with Gasteiger partial charge in [0.15, 0.2) is 0 Å². The lowest BCUT2D eigenvalue weighted by molar-refractivity contribution is 0.0141. The van der Waals surface area contributed by atoms with Crippen molar-refractivity contribution in [1.82, 2.24) is 20.3 Å². The van der Waals surface area contributed by atoms with Gasteiger partial charge in [0.2, 0.25) is 0 Å². The average molecular weight is 406 g/mol. The summed E-state index contributed by atoms with van der Waals surface area (Å²) in [6, 6.07) is 7.71. The molecule has 156 valence electrons. The van der Waals surface area contributed by atoms with E-state index in [1.807, 2.05) is 19.1 Å². The Labute approximate surface area is 176 Å². The standard InChI is InChI=1S/C23H27N5O2/c1-14-3-2-4-18(27-14)22(29)24-10-16-17-11-28(12-23(17)8-7-20(16)30-23)21-9-19(15-5-6-15)25-13-26-21/h2-4,9,13,15-17,20H,5-8,10-12H2,1H3,(H,24,29)/t16-,17+,20+,23+/m0/s1. The van der Waals surface area contributed by atoms with Gasteiger partial charge in [-0.1, -0.05) is 6.07 Å². The molecule has 1 spiro atoms.